The van der Waals surface area contributed by atoms with Gasteiger partial charge in [0.15, 0.2) is 0 Å². The highest BCUT2D eigenvalue weighted by molar-refractivity contribution is 5.61. The third-order valence-corrected chi connectivity index (χ3v) is 2.98. The van der Waals surface area contributed by atoms with E-state index in [4.69, 9.17) is 11.1 Å². The smallest absolute Gasteiger partial charge is 0.293 e. The number of hydrogen-bond donors (Lipinski definition) is 2. The highest BCUT2D eigenvalue weighted by atomic mass is 16.6. The van der Waals surface area contributed by atoms with Gasteiger partial charge >= 0.3 is 0 Å². The van der Waals surface area contributed by atoms with Crippen LogP contribution in [0.4, 0.5) is 11.4 Å². The van der Waals surface area contributed by atoms with Crippen molar-refractivity contribution < 1.29 is 4.92 Å². The molecule has 0 saturated carbocycles. The predicted molar refractivity (Wildman–Crippen MR) is 81.3 cm³/mol. The Labute approximate surface area is 124 Å². The molecule has 3 N–H and O–H groups in total. The average molecular weight is 291 g/mol. The van der Waals surface area contributed by atoms with Crippen LogP contribution in [-0.2, 0) is 6.54 Å². The first-order valence-electron chi connectivity index (χ1n) is 6.81. The Morgan fingerprint density at radius 1 is 1.52 bits per heavy atom. The van der Waals surface area contributed by atoms with Crippen molar-refractivity contribution in [2.45, 2.75) is 26.8 Å². The maximum absolute atomic E-state index is 11.0. The fourth-order valence-corrected chi connectivity index (χ4v) is 2.17. The van der Waals surface area contributed by atoms with Gasteiger partial charge in [-0.15, -0.1) is 0 Å². The zero-order valence-corrected chi connectivity index (χ0v) is 12.4. The van der Waals surface area contributed by atoms with Crippen LogP contribution in [0.5, 0.6) is 0 Å². The Morgan fingerprint density at radius 2 is 2.24 bits per heavy atom. The molecule has 0 fully saturated rings. The van der Waals surface area contributed by atoms with Crippen molar-refractivity contribution in [2.75, 3.05) is 18.5 Å². The van der Waals surface area contributed by atoms with E-state index < -0.39 is 4.92 Å². The summed E-state index contributed by atoms with van der Waals surface area (Å²) in [5.74, 6) is 5.73. The van der Waals surface area contributed by atoms with Crippen LogP contribution in [0.25, 0.3) is 0 Å². The van der Waals surface area contributed by atoms with E-state index in [1.807, 2.05) is 6.07 Å². The van der Waals surface area contributed by atoms with Gasteiger partial charge in [-0.3, -0.25) is 20.9 Å². The van der Waals surface area contributed by atoms with Crippen molar-refractivity contribution in [3.8, 4) is 6.07 Å². The summed E-state index contributed by atoms with van der Waals surface area (Å²) in [6.07, 6.45) is 0.442. The van der Waals surface area contributed by atoms with Gasteiger partial charge in [-0.1, -0.05) is 19.9 Å². The third kappa shape index (κ3) is 5.38. The second-order valence-electron chi connectivity index (χ2n) is 5.29. The zero-order chi connectivity index (χ0) is 15.8. The minimum Gasteiger partial charge on any atom is -0.318 e. The molecule has 0 unspecified atom stereocenters. The van der Waals surface area contributed by atoms with E-state index in [0.29, 0.717) is 25.4 Å². The van der Waals surface area contributed by atoms with Crippen LogP contribution in [0, 0.1) is 27.4 Å². The number of nitrogens with two attached hydrogens (primary N) is 1. The van der Waals surface area contributed by atoms with E-state index in [-0.39, 0.29) is 11.4 Å². The lowest BCUT2D eigenvalue weighted by Crippen LogP contribution is -2.28. The van der Waals surface area contributed by atoms with Gasteiger partial charge in [0.2, 0.25) is 0 Å². The second kappa shape index (κ2) is 8.19. The molecule has 7 heteroatoms. The average Bonchev–Trinajstić information content (AvgIpc) is 2.44. The van der Waals surface area contributed by atoms with Gasteiger partial charge in [0.1, 0.15) is 5.69 Å². The van der Waals surface area contributed by atoms with Gasteiger partial charge in [-0.05, 0) is 17.5 Å². The molecule has 0 aliphatic rings. The molecule has 0 heterocycles. The van der Waals surface area contributed by atoms with E-state index in [0.717, 1.165) is 12.1 Å². The maximum atomic E-state index is 11.0. The molecule has 0 amide bonds. The number of anilines is 1. The largest absolute Gasteiger partial charge is 0.318 e. The molecule has 0 radical (unpaired) electrons. The van der Waals surface area contributed by atoms with Gasteiger partial charge in [-0.2, -0.15) is 5.26 Å². The summed E-state index contributed by atoms with van der Waals surface area (Å²) in [4.78, 5) is 12.7. The normalized spacial score (nSPS) is 10.7. The topological polar surface area (TPSA) is 108 Å². The predicted octanol–water partition coefficient (Wildman–Crippen LogP) is 2.25. The number of nitrogens with zero attached hydrogens (tertiary/aromatic N) is 3. The SMILES string of the molecule is CC(C)CN(CCC#N)Cc1ccc(NN)c([N+](=O)[O-])c1. The van der Waals surface area contributed by atoms with E-state index in [1.54, 1.807) is 6.07 Å². The van der Waals surface area contributed by atoms with Crippen LogP contribution in [0.1, 0.15) is 25.8 Å². The molecule has 0 saturated heterocycles. The lowest BCUT2D eigenvalue weighted by molar-refractivity contribution is -0.384. The van der Waals surface area contributed by atoms with Crippen LogP contribution in [0.15, 0.2) is 18.2 Å². The number of nitrogen functional groups attached to an aromatic ring is 1. The summed E-state index contributed by atoms with van der Waals surface area (Å²) in [6.45, 7) is 6.27. The fraction of sp³-hybridized carbons (Fsp3) is 0.500. The number of nitro groups is 1. The van der Waals surface area contributed by atoms with Gasteiger partial charge < -0.3 is 5.43 Å². The summed E-state index contributed by atoms with van der Waals surface area (Å²) in [7, 11) is 0. The monoisotopic (exact) mass is 291 g/mol. The molecular formula is C14H21N5O2. The number of hydrogen-bond acceptors (Lipinski definition) is 6. The summed E-state index contributed by atoms with van der Waals surface area (Å²) in [6, 6.07) is 7.06. The van der Waals surface area contributed by atoms with Crippen molar-refractivity contribution >= 4 is 11.4 Å². The van der Waals surface area contributed by atoms with Crippen LogP contribution >= 0.6 is 0 Å². The third-order valence-electron chi connectivity index (χ3n) is 2.98. The van der Waals surface area contributed by atoms with Gasteiger partial charge in [-0.25, -0.2) is 0 Å². The van der Waals surface area contributed by atoms with Crippen molar-refractivity contribution in [1.29, 1.82) is 5.26 Å². The van der Waals surface area contributed by atoms with Gasteiger partial charge in [0.05, 0.1) is 11.0 Å². The first-order chi connectivity index (χ1) is 9.97. The van der Waals surface area contributed by atoms with Crippen molar-refractivity contribution in [1.82, 2.24) is 4.90 Å². The lowest BCUT2D eigenvalue weighted by atomic mass is 10.1. The van der Waals surface area contributed by atoms with Crippen molar-refractivity contribution in [2.24, 2.45) is 11.8 Å². The van der Waals surface area contributed by atoms with E-state index in [2.05, 4.69) is 30.2 Å². The van der Waals surface area contributed by atoms with E-state index in [1.165, 1.54) is 6.07 Å². The summed E-state index contributed by atoms with van der Waals surface area (Å²) < 4.78 is 0. The molecule has 0 spiro atoms. The number of nitriles is 1. The Bertz CT molecular complexity index is 525. The second-order valence-corrected chi connectivity index (χ2v) is 5.29. The van der Waals surface area contributed by atoms with E-state index in [9.17, 15) is 10.1 Å². The molecule has 114 valence electrons. The number of benzene rings is 1. The molecule has 7 nitrogen and oxygen atoms in total. The van der Waals surface area contributed by atoms with Crippen LogP contribution in [-0.4, -0.2) is 22.9 Å². The van der Waals surface area contributed by atoms with Crippen LogP contribution in [0.3, 0.4) is 0 Å². The van der Waals surface area contributed by atoms with Crippen LogP contribution < -0.4 is 11.3 Å². The Hall–Kier alpha value is -2.17. The number of nitro benzene ring substituents is 1. The highest BCUT2D eigenvalue weighted by Crippen LogP contribution is 2.25. The van der Waals surface area contributed by atoms with E-state index >= 15 is 0 Å². The molecule has 0 atom stereocenters. The molecule has 1 aromatic rings. The lowest BCUT2D eigenvalue weighted by Gasteiger charge is -2.23. The molecule has 0 aromatic heterocycles. The summed E-state index contributed by atoms with van der Waals surface area (Å²) >= 11 is 0. The fourth-order valence-electron chi connectivity index (χ4n) is 2.17. The first-order valence-corrected chi connectivity index (χ1v) is 6.81. The quantitative estimate of drug-likeness (QED) is 0.432. The molecule has 21 heavy (non-hydrogen) atoms. The van der Waals surface area contributed by atoms with Crippen molar-refractivity contribution in [3.63, 3.8) is 0 Å². The minimum absolute atomic E-state index is 0.0419. The number of hydrazine groups is 1. The summed E-state index contributed by atoms with van der Waals surface area (Å²) in [5, 5.41) is 19.7. The Balaban J connectivity index is 2.90. The standard InChI is InChI=1S/C14H21N5O2/c1-11(2)9-18(7-3-6-15)10-12-4-5-13(17-16)14(8-12)19(20)21/h4-5,8,11,17H,3,7,9-10,16H2,1-2H3. The molecule has 1 aromatic carbocycles. The Kier molecular flexibility index (Phi) is 6.59. The molecule has 1 rings (SSSR count). The molecule has 0 aliphatic carbocycles. The van der Waals surface area contributed by atoms with Crippen molar-refractivity contribution in [3.05, 3.63) is 33.9 Å². The van der Waals surface area contributed by atoms with Crippen LogP contribution in [0.2, 0.25) is 0 Å². The Morgan fingerprint density at radius 3 is 2.76 bits per heavy atom. The molecular weight excluding hydrogens is 270 g/mol. The summed E-state index contributed by atoms with van der Waals surface area (Å²) in [5.41, 5.74) is 3.40. The highest BCUT2D eigenvalue weighted by Gasteiger charge is 2.15. The van der Waals surface area contributed by atoms with Gasteiger partial charge in [0, 0.05) is 32.1 Å². The minimum atomic E-state index is -0.458. The maximum Gasteiger partial charge on any atom is 0.293 e. The van der Waals surface area contributed by atoms with Gasteiger partial charge in [0.25, 0.3) is 5.69 Å². The number of nitrogens with one attached hydrogen (secondary N) is 1. The zero-order valence-electron chi connectivity index (χ0n) is 12.4. The number of rotatable bonds is 8. The first kappa shape index (κ1) is 16.9. The molecule has 0 bridgehead atoms. The molecule has 0 aliphatic heterocycles.